The molecule has 2 aromatic rings. The van der Waals surface area contributed by atoms with Gasteiger partial charge in [0, 0.05) is 21.1 Å². The monoisotopic (exact) mass is 410 g/mol. The van der Waals surface area contributed by atoms with Crippen molar-refractivity contribution >= 4 is 39.6 Å². The van der Waals surface area contributed by atoms with Gasteiger partial charge in [-0.1, -0.05) is 45.7 Å². The van der Waals surface area contributed by atoms with Crippen molar-refractivity contribution in [2.75, 3.05) is 6.61 Å². The van der Waals surface area contributed by atoms with E-state index in [1.54, 1.807) is 18.2 Å². The summed E-state index contributed by atoms with van der Waals surface area (Å²) in [5, 5.41) is 9.39. The largest absolute Gasteiger partial charge is 0.490 e. The highest BCUT2D eigenvalue weighted by atomic mass is 79.9. The molecule has 0 atom stereocenters. The third-order valence-electron chi connectivity index (χ3n) is 3.11. The molecule has 0 unspecified atom stereocenters. The van der Waals surface area contributed by atoms with E-state index in [0.717, 1.165) is 11.6 Å². The fraction of sp³-hybridized carbons (Fsp3) is 0.167. The topological polar surface area (TPSA) is 55.8 Å². The molecule has 0 fully saturated rings. The Hall–Kier alpha value is -1.98. The maximum Gasteiger partial charge on any atom is 0.328 e. The number of benzene rings is 2. The molecule has 2 aromatic carbocycles. The van der Waals surface area contributed by atoms with Crippen LogP contribution in [-0.4, -0.2) is 17.7 Å². The van der Waals surface area contributed by atoms with Gasteiger partial charge in [0.25, 0.3) is 0 Å². The highest BCUT2D eigenvalue weighted by Crippen LogP contribution is 2.35. The lowest BCUT2D eigenvalue weighted by molar-refractivity contribution is -0.131. The zero-order valence-corrected chi connectivity index (χ0v) is 15.3. The zero-order chi connectivity index (χ0) is 17.5. The number of halogens is 2. The van der Waals surface area contributed by atoms with Gasteiger partial charge in [-0.3, -0.25) is 0 Å². The summed E-state index contributed by atoms with van der Waals surface area (Å²) in [5.74, 6) is 0.0767. The van der Waals surface area contributed by atoms with Crippen LogP contribution in [0.5, 0.6) is 11.5 Å². The molecule has 24 heavy (non-hydrogen) atoms. The summed E-state index contributed by atoms with van der Waals surface area (Å²) < 4.78 is 12.1. The molecule has 0 saturated heterocycles. The first kappa shape index (κ1) is 18.4. The quantitative estimate of drug-likeness (QED) is 0.638. The highest BCUT2D eigenvalue weighted by molar-refractivity contribution is 9.10. The Bertz CT molecular complexity index is 759. The van der Waals surface area contributed by atoms with Crippen LogP contribution in [0.25, 0.3) is 6.08 Å². The number of carbonyl (C=O) groups is 1. The first-order valence-electron chi connectivity index (χ1n) is 7.24. The van der Waals surface area contributed by atoms with Crippen LogP contribution >= 0.6 is 27.5 Å². The fourth-order valence-electron chi connectivity index (χ4n) is 1.99. The molecule has 4 nitrogen and oxygen atoms in total. The van der Waals surface area contributed by atoms with Crippen molar-refractivity contribution in [3.8, 4) is 11.5 Å². The number of rotatable bonds is 7. The van der Waals surface area contributed by atoms with Crippen LogP contribution in [0.15, 0.2) is 46.9 Å². The van der Waals surface area contributed by atoms with E-state index in [-0.39, 0.29) is 0 Å². The van der Waals surface area contributed by atoms with Crippen LogP contribution in [0.2, 0.25) is 5.02 Å². The lowest BCUT2D eigenvalue weighted by Gasteiger charge is -2.14. The minimum Gasteiger partial charge on any atom is -0.490 e. The highest BCUT2D eigenvalue weighted by Gasteiger charge is 2.11. The standard InChI is InChI=1S/C18H16BrClO4/c1-2-23-16-9-12(7-8-18(21)22)14(19)10-17(16)24-11-13-5-3-4-6-15(13)20/h3-10H,2,11H2,1H3,(H,21,22)/b8-7+. The molecule has 0 aliphatic heterocycles. The molecule has 0 bridgehead atoms. The summed E-state index contributed by atoms with van der Waals surface area (Å²) in [7, 11) is 0. The Morgan fingerprint density at radius 1 is 1.25 bits per heavy atom. The van der Waals surface area contributed by atoms with Crippen LogP contribution in [0.1, 0.15) is 18.1 Å². The summed E-state index contributed by atoms with van der Waals surface area (Å²) in [6, 6.07) is 10.9. The van der Waals surface area contributed by atoms with E-state index < -0.39 is 5.97 Å². The van der Waals surface area contributed by atoms with Crippen LogP contribution in [0.4, 0.5) is 0 Å². The van der Waals surface area contributed by atoms with Crippen molar-refractivity contribution in [3.05, 3.63) is 63.1 Å². The van der Waals surface area contributed by atoms with Crippen LogP contribution in [-0.2, 0) is 11.4 Å². The first-order valence-corrected chi connectivity index (χ1v) is 8.42. The molecule has 0 heterocycles. The normalized spacial score (nSPS) is 10.8. The van der Waals surface area contributed by atoms with Crippen molar-refractivity contribution in [2.45, 2.75) is 13.5 Å². The van der Waals surface area contributed by atoms with E-state index in [2.05, 4.69) is 15.9 Å². The predicted octanol–water partition coefficient (Wildman–Crippen LogP) is 5.18. The molecule has 0 amide bonds. The van der Waals surface area contributed by atoms with Gasteiger partial charge < -0.3 is 14.6 Å². The molecule has 0 aliphatic rings. The Balaban J connectivity index is 2.26. The number of ether oxygens (including phenoxy) is 2. The Kier molecular flexibility index (Phi) is 6.70. The molecule has 1 N–H and O–H groups in total. The first-order chi connectivity index (χ1) is 11.5. The van der Waals surface area contributed by atoms with E-state index in [1.807, 2.05) is 25.1 Å². The number of carboxylic acid groups (broad SMARTS) is 1. The Labute approximate surface area is 153 Å². The summed E-state index contributed by atoms with van der Waals surface area (Å²) >= 11 is 9.55. The van der Waals surface area contributed by atoms with Crippen molar-refractivity contribution < 1.29 is 19.4 Å². The van der Waals surface area contributed by atoms with E-state index >= 15 is 0 Å². The van der Waals surface area contributed by atoms with Gasteiger partial charge >= 0.3 is 5.97 Å². The van der Waals surface area contributed by atoms with Gasteiger partial charge in [0.1, 0.15) is 6.61 Å². The smallest absolute Gasteiger partial charge is 0.328 e. The molecule has 0 aromatic heterocycles. The predicted molar refractivity (Wildman–Crippen MR) is 97.8 cm³/mol. The van der Waals surface area contributed by atoms with Gasteiger partial charge in [0.2, 0.25) is 0 Å². The second kappa shape index (κ2) is 8.76. The second-order valence-electron chi connectivity index (χ2n) is 4.81. The molecule has 2 rings (SSSR count). The van der Waals surface area contributed by atoms with Crippen LogP contribution in [0.3, 0.4) is 0 Å². The van der Waals surface area contributed by atoms with Gasteiger partial charge in [-0.05, 0) is 36.8 Å². The number of aliphatic carboxylic acids is 1. The van der Waals surface area contributed by atoms with E-state index in [4.69, 9.17) is 26.2 Å². The minimum absolute atomic E-state index is 0.302. The Morgan fingerprint density at radius 2 is 1.96 bits per heavy atom. The van der Waals surface area contributed by atoms with Crippen molar-refractivity contribution in [2.24, 2.45) is 0 Å². The molecule has 0 aliphatic carbocycles. The third-order valence-corrected chi connectivity index (χ3v) is 4.16. The summed E-state index contributed by atoms with van der Waals surface area (Å²) in [6.45, 7) is 2.63. The SMILES string of the molecule is CCOc1cc(/C=C/C(=O)O)c(Br)cc1OCc1ccccc1Cl. The molecular formula is C18H16BrClO4. The van der Waals surface area contributed by atoms with Gasteiger partial charge in [0.15, 0.2) is 11.5 Å². The number of carboxylic acids is 1. The summed E-state index contributed by atoms with van der Waals surface area (Å²) in [5.41, 5.74) is 1.55. The second-order valence-corrected chi connectivity index (χ2v) is 6.07. The van der Waals surface area contributed by atoms with Crippen molar-refractivity contribution in [3.63, 3.8) is 0 Å². The lowest BCUT2D eigenvalue weighted by Crippen LogP contribution is -2.01. The average molecular weight is 412 g/mol. The van der Waals surface area contributed by atoms with Gasteiger partial charge in [0.05, 0.1) is 6.61 Å². The van der Waals surface area contributed by atoms with E-state index in [9.17, 15) is 4.79 Å². The maximum atomic E-state index is 10.7. The molecule has 6 heteroatoms. The molecule has 0 radical (unpaired) electrons. The third kappa shape index (κ3) is 5.01. The van der Waals surface area contributed by atoms with Crippen molar-refractivity contribution in [1.29, 1.82) is 0 Å². The average Bonchev–Trinajstić information content (AvgIpc) is 2.55. The van der Waals surface area contributed by atoms with Crippen molar-refractivity contribution in [1.82, 2.24) is 0 Å². The minimum atomic E-state index is -1.01. The van der Waals surface area contributed by atoms with Gasteiger partial charge in [-0.15, -0.1) is 0 Å². The maximum absolute atomic E-state index is 10.7. The molecule has 0 saturated carbocycles. The Morgan fingerprint density at radius 3 is 2.62 bits per heavy atom. The molecule has 126 valence electrons. The summed E-state index contributed by atoms with van der Waals surface area (Å²) in [4.78, 5) is 10.7. The number of hydrogen-bond acceptors (Lipinski definition) is 3. The van der Waals surface area contributed by atoms with E-state index in [0.29, 0.717) is 39.8 Å². The van der Waals surface area contributed by atoms with E-state index in [1.165, 1.54) is 6.08 Å². The molecular weight excluding hydrogens is 396 g/mol. The van der Waals surface area contributed by atoms with Crippen LogP contribution < -0.4 is 9.47 Å². The molecule has 0 spiro atoms. The summed E-state index contributed by atoms with van der Waals surface area (Å²) in [6.07, 6.45) is 2.56. The number of hydrogen-bond donors (Lipinski definition) is 1. The zero-order valence-electron chi connectivity index (χ0n) is 13.0. The lowest BCUT2D eigenvalue weighted by atomic mass is 10.2. The van der Waals surface area contributed by atoms with Gasteiger partial charge in [-0.25, -0.2) is 4.79 Å². The van der Waals surface area contributed by atoms with Gasteiger partial charge in [-0.2, -0.15) is 0 Å². The fourth-order valence-corrected chi connectivity index (χ4v) is 2.64. The van der Waals surface area contributed by atoms with Crippen LogP contribution in [0, 0.1) is 0 Å².